The zero-order chi connectivity index (χ0) is 14.8. The molecule has 0 bridgehead atoms. The summed E-state index contributed by atoms with van der Waals surface area (Å²) < 4.78 is 39.5. The highest BCUT2D eigenvalue weighted by Crippen LogP contribution is 2.28. The third-order valence-electron chi connectivity index (χ3n) is 2.45. The largest absolute Gasteiger partial charge is 0.451 e. The third-order valence-corrected chi connectivity index (χ3v) is 2.45. The maximum absolute atomic E-state index is 12.9. The Bertz CT molecular complexity index is 589. The van der Waals surface area contributed by atoms with Crippen LogP contribution in [0.1, 0.15) is 31.4 Å². The summed E-state index contributed by atoms with van der Waals surface area (Å²) in [5, 5.41) is 7.10. The summed E-state index contributed by atoms with van der Waals surface area (Å²) in [5.74, 6) is -1.38. The number of alkyl halides is 3. The SMILES string of the molecule is CCCCc1nc(C(F)(F)F)n(C(=O)n2cncn2)n1. The van der Waals surface area contributed by atoms with Crippen molar-refractivity contribution in [2.75, 3.05) is 0 Å². The van der Waals surface area contributed by atoms with E-state index in [1.807, 2.05) is 6.92 Å². The van der Waals surface area contributed by atoms with Crippen LogP contribution in [0.3, 0.4) is 0 Å². The van der Waals surface area contributed by atoms with Gasteiger partial charge in [0, 0.05) is 6.42 Å². The van der Waals surface area contributed by atoms with Gasteiger partial charge in [-0.1, -0.05) is 13.3 Å². The van der Waals surface area contributed by atoms with Gasteiger partial charge >= 0.3 is 12.2 Å². The first-order valence-corrected chi connectivity index (χ1v) is 5.86. The fourth-order valence-corrected chi connectivity index (χ4v) is 1.52. The Balaban J connectivity index is 2.39. The van der Waals surface area contributed by atoms with E-state index in [0.717, 1.165) is 19.1 Å². The molecule has 7 nitrogen and oxygen atoms in total. The van der Waals surface area contributed by atoms with Crippen molar-refractivity contribution in [3.05, 3.63) is 24.3 Å². The topological polar surface area (TPSA) is 78.5 Å². The number of nitrogens with zero attached hydrogens (tertiary/aromatic N) is 6. The second kappa shape index (κ2) is 5.39. The van der Waals surface area contributed by atoms with Crippen molar-refractivity contribution in [2.24, 2.45) is 0 Å². The number of carbonyl (C=O) groups excluding carboxylic acids is 1. The number of unbranched alkanes of at least 4 members (excludes halogenated alkanes) is 1. The molecule has 0 aliphatic carbocycles. The number of halogens is 3. The van der Waals surface area contributed by atoms with E-state index in [-0.39, 0.29) is 16.9 Å². The van der Waals surface area contributed by atoms with Crippen LogP contribution in [0.15, 0.2) is 12.7 Å². The lowest BCUT2D eigenvalue weighted by Crippen LogP contribution is -2.27. The zero-order valence-corrected chi connectivity index (χ0v) is 10.5. The Morgan fingerprint density at radius 3 is 2.70 bits per heavy atom. The summed E-state index contributed by atoms with van der Waals surface area (Å²) in [6.07, 6.45) is -1.04. The van der Waals surface area contributed by atoms with Crippen molar-refractivity contribution < 1.29 is 18.0 Å². The van der Waals surface area contributed by atoms with Gasteiger partial charge in [-0.2, -0.15) is 27.6 Å². The summed E-state index contributed by atoms with van der Waals surface area (Å²) in [7, 11) is 0. The van der Waals surface area contributed by atoms with Crippen molar-refractivity contribution in [1.29, 1.82) is 0 Å². The molecule has 108 valence electrons. The molecule has 0 aliphatic heterocycles. The van der Waals surface area contributed by atoms with Crippen molar-refractivity contribution in [3.8, 4) is 0 Å². The molecule has 0 fully saturated rings. The molecular formula is C10H11F3N6O. The van der Waals surface area contributed by atoms with E-state index in [9.17, 15) is 18.0 Å². The Hall–Kier alpha value is -2.26. The van der Waals surface area contributed by atoms with Gasteiger partial charge in [-0.3, -0.25) is 0 Å². The number of aryl methyl sites for hydroxylation is 1. The standard InChI is InChI=1S/C10H11F3N6O/c1-2-3-4-7-16-8(10(11,12)13)19(17-7)9(20)18-6-14-5-15-18/h5-6H,2-4H2,1H3. The molecule has 2 aromatic heterocycles. The molecular weight excluding hydrogens is 277 g/mol. The first-order valence-electron chi connectivity index (χ1n) is 5.86. The quantitative estimate of drug-likeness (QED) is 0.859. The highest BCUT2D eigenvalue weighted by molar-refractivity contribution is 5.77. The predicted molar refractivity (Wildman–Crippen MR) is 59.9 cm³/mol. The lowest BCUT2D eigenvalue weighted by atomic mass is 10.2. The Labute approximate surface area is 111 Å². The molecule has 0 amide bonds. The molecule has 0 atom stereocenters. The van der Waals surface area contributed by atoms with Gasteiger partial charge in [0.1, 0.15) is 12.7 Å². The molecule has 0 saturated carbocycles. The molecule has 0 aromatic carbocycles. The maximum Gasteiger partial charge on any atom is 0.451 e. The van der Waals surface area contributed by atoms with Crippen LogP contribution in [-0.4, -0.2) is 35.6 Å². The second-order valence-electron chi connectivity index (χ2n) is 3.99. The van der Waals surface area contributed by atoms with E-state index < -0.39 is 18.0 Å². The fraction of sp³-hybridized carbons (Fsp3) is 0.500. The first kappa shape index (κ1) is 14.2. The van der Waals surface area contributed by atoms with Crippen molar-refractivity contribution in [1.82, 2.24) is 29.5 Å². The minimum Gasteiger partial charge on any atom is -0.243 e. The van der Waals surface area contributed by atoms with E-state index in [0.29, 0.717) is 11.1 Å². The first-order chi connectivity index (χ1) is 9.43. The van der Waals surface area contributed by atoms with E-state index in [2.05, 4.69) is 20.2 Å². The highest BCUT2D eigenvalue weighted by atomic mass is 19.4. The van der Waals surface area contributed by atoms with Gasteiger partial charge in [-0.05, 0) is 6.42 Å². The number of hydrogen-bond donors (Lipinski definition) is 0. The minimum atomic E-state index is -4.77. The van der Waals surface area contributed by atoms with Crippen LogP contribution < -0.4 is 0 Å². The van der Waals surface area contributed by atoms with E-state index in [1.165, 1.54) is 0 Å². The minimum absolute atomic E-state index is 0.0207. The molecule has 0 spiro atoms. The average molecular weight is 288 g/mol. The summed E-state index contributed by atoms with van der Waals surface area (Å²) in [5.41, 5.74) is 0. The van der Waals surface area contributed by atoms with Crippen molar-refractivity contribution in [3.63, 3.8) is 0 Å². The summed E-state index contributed by atoms with van der Waals surface area (Å²) in [6.45, 7) is 1.89. The molecule has 0 unspecified atom stereocenters. The van der Waals surface area contributed by atoms with Crippen molar-refractivity contribution >= 4 is 6.03 Å². The monoisotopic (exact) mass is 288 g/mol. The number of aromatic nitrogens is 6. The molecule has 0 saturated heterocycles. The van der Waals surface area contributed by atoms with Gasteiger partial charge in [-0.15, -0.1) is 5.10 Å². The van der Waals surface area contributed by atoms with E-state index in [1.54, 1.807) is 0 Å². The molecule has 2 rings (SSSR count). The molecule has 20 heavy (non-hydrogen) atoms. The molecule has 0 N–H and O–H groups in total. The van der Waals surface area contributed by atoms with Crippen LogP contribution in [0.5, 0.6) is 0 Å². The van der Waals surface area contributed by atoms with Gasteiger partial charge < -0.3 is 0 Å². The Morgan fingerprint density at radius 1 is 1.40 bits per heavy atom. The smallest absolute Gasteiger partial charge is 0.243 e. The van der Waals surface area contributed by atoms with Gasteiger partial charge in [-0.25, -0.2) is 14.8 Å². The van der Waals surface area contributed by atoms with Gasteiger partial charge in [0.25, 0.3) is 0 Å². The highest BCUT2D eigenvalue weighted by Gasteiger charge is 2.40. The van der Waals surface area contributed by atoms with E-state index in [4.69, 9.17) is 0 Å². The van der Waals surface area contributed by atoms with Crippen LogP contribution in [0.25, 0.3) is 0 Å². The normalized spacial score (nSPS) is 11.8. The predicted octanol–water partition coefficient (Wildman–Crippen LogP) is 1.75. The van der Waals surface area contributed by atoms with Crippen molar-refractivity contribution in [2.45, 2.75) is 32.4 Å². The second-order valence-corrected chi connectivity index (χ2v) is 3.99. The average Bonchev–Trinajstić information content (AvgIpc) is 3.04. The zero-order valence-electron chi connectivity index (χ0n) is 10.5. The number of hydrogen-bond acceptors (Lipinski definition) is 5. The van der Waals surface area contributed by atoms with Gasteiger partial charge in [0.05, 0.1) is 0 Å². The lowest BCUT2D eigenvalue weighted by molar-refractivity contribution is -0.146. The molecule has 2 aromatic rings. The summed E-state index contributed by atoms with van der Waals surface area (Å²) in [6, 6.07) is -1.08. The van der Waals surface area contributed by atoms with Gasteiger partial charge in [0.15, 0.2) is 5.82 Å². The number of carbonyl (C=O) groups is 1. The summed E-state index contributed by atoms with van der Waals surface area (Å²) >= 11 is 0. The number of rotatable bonds is 3. The molecule has 10 heteroatoms. The lowest BCUT2D eigenvalue weighted by Gasteiger charge is -2.06. The van der Waals surface area contributed by atoms with Crippen LogP contribution >= 0.6 is 0 Å². The molecule has 0 radical (unpaired) electrons. The van der Waals surface area contributed by atoms with Gasteiger partial charge in [0.2, 0.25) is 5.82 Å². The van der Waals surface area contributed by atoms with Crippen LogP contribution in [-0.2, 0) is 12.6 Å². The fourth-order valence-electron chi connectivity index (χ4n) is 1.52. The van der Waals surface area contributed by atoms with E-state index >= 15 is 0 Å². The molecule has 0 aliphatic rings. The summed E-state index contributed by atoms with van der Waals surface area (Å²) in [4.78, 5) is 18.8. The Kier molecular flexibility index (Phi) is 3.81. The third kappa shape index (κ3) is 2.83. The van der Waals surface area contributed by atoms with Crippen LogP contribution in [0, 0.1) is 0 Å². The van der Waals surface area contributed by atoms with Crippen LogP contribution in [0.2, 0.25) is 0 Å². The van der Waals surface area contributed by atoms with Crippen LogP contribution in [0.4, 0.5) is 18.0 Å². The maximum atomic E-state index is 12.9. The molecule has 2 heterocycles. The Morgan fingerprint density at radius 2 is 2.15 bits per heavy atom.